The summed E-state index contributed by atoms with van der Waals surface area (Å²) in [6, 6.07) is -0.974. The zero-order valence-corrected chi connectivity index (χ0v) is 28.2. The summed E-state index contributed by atoms with van der Waals surface area (Å²) in [6.07, 6.45) is 35.4. The molecule has 0 aliphatic rings. The summed E-state index contributed by atoms with van der Waals surface area (Å²) in [5.74, 6) is -0.913. The van der Waals surface area contributed by atoms with E-state index in [9.17, 15) is 22.9 Å². The van der Waals surface area contributed by atoms with Gasteiger partial charge in [-0.2, -0.15) is 8.42 Å². The number of aliphatic hydroxyl groups is 1. The zero-order valence-electron chi connectivity index (χ0n) is 27.4. The zero-order chi connectivity index (χ0) is 31.2. The Balaban J connectivity index is 3.98. The summed E-state index contributed by atoms with van der Waals surface area (Å²) in [5.41, 5.74) is 0. The molecule has 7 heteroatoms. The molecular weight excluding hydrogens is 546 g/mol. The molecule has 0 bridgehead atoms. The first kappa shape index (κ1) is 40.8. The number of hydrogen-bond acceptors (Lipinski definition) is 4. The highest BCUT2D eigenvalue weighted by Crippen LogP contribution is 2.15. The lowest BCUT2D eigenvalue weighted by atomic mass is 10.0. The van der Waals surface area contributed by atoms with Crippen LogP contribution in [-0.4, -0.2) is 41.9 Å². The number of aliphatic hydroxyl groups excluding tert-OH is 1. The van der Waals surface area contributed by atoms with E-state index in [0.717, 1.165) is 64.2 Å². The maximum atomic E-state index is 12.4. The van der Waals surface area contributed by atoms with Crippen molar-refractivity contribution < 1.29 is 22.9 Å². The van der Waals surface area contributed by atoms with Crippen molar-refractivity contribution in [2.75, 3.05) is 5.75 Å². The van der Waals surface area contributed by atoms with Gasteiger partial charge in [0.25, 0.3) is 10.1 Å². The van der Waals surface area contributed by atoms with Crippen LogP contribution in [0.2, 0.25) is 0 Å². The molecule has 2 unspecified atom stereocenters. The second-order valence-corrected chi connectivity index (χ2v) is 13.6. The molecule has 1 amide bonds. The van der Waals surface area contributed by atoms with Crippen molar-refractivity contribution in [3.05, 3.63) is 24.3 Å². The predicted molar refractivity (Wildman–Crippen MR) is 179 cm³/mol. The fourth-order valence-corrected chi connectivity index (χ4v) is 6.01. The highest BCUT2D eigenvalue weighted by atomic mass is 32.2. The average Bonchev–Trinajstić information content (AvgIpc) is 2.94. The van der Waals surface area contributed by atoms with E-state index < -0.39 is 28.0 Å². The van der Waals surface area contributed by atoms with E-state index in [2.05, 4.69) is 43.5 Å². The van der Waals surface area contributed by atoms with Gasteiger partial charge >= 0.3 is 0 Å². The number of rotatable bonds is 31. The lowest BCUT2D eigenvalue weighted by molar-refractivity contribution is -0.122. The van der Waals surface area contributed by atoms with Crippen LogP contribution >= 0.6 is 0 Å². The summed E-state index contributed by atoms with van der Waals surface area (Å²) in [4.78, 5) is 12.4. The van der Waals surface area contributed by atoms with Crippen molar-refractivity contribution in [3.8, 4) is 0 Å². The van der Waals surface area contributed by atoms with Crippen molar-refractivity contribution >= 4 is 16.0 Å². The van der Waals surface area contributed by atoms with Crippen LogP contribution in [0.3, 0.4) is 0 Å². The van der Waals surface area contributed by atoms with Crippen molar-refractivity contribution in [3.63, 3.8) is 0 Å². The minimum atomic E-state index is -4.30. The van der Waals surface area contributed by atoms with Crippen LogP contribution in [0.4, 0.5) is 0 Å². The van der Waals surface area contributed by atoms with E-state index >= 15 is 0 Å². The smallest absolute Gasteiger partial charge is 0.266 e. The maximum absolute atomic E-state index is 12.4. The molecule has 6 nitrogen and oxygen atoms in total. The number of nitrogens with one attached hydrogen (secondary N) is 1. The molecule has 3 N–H and O–H groups in total. The Hall–Kier alpha value is -1.18. The van der Waals surface area contributed by atoms with Crippen LogP contribution in [0.1, 0.15) is 174 Å². The molecule has 0 rings (SSSR count). The second kappa shape index (κ2) is 29.9. The number of carbonyl (C=O) groups excluding carboxylic acids is 1. The molecule has 0 fully saturated rings. The van der Waals surface area contributed by atoms with Gasteiger partial charge in [-0.05, 0) is 44.9 Å². The minimum Gasteiger partial charge on any atom is -0.391 e. The first-order chi connectivity index (χ1) is 20.3. The molecule has 0 saturated carbocycles. The van der Waals surface area contributed by atoms with Crippen molar-refractivity contribution in [2.45, 2.75) is 187 Å². The fraction of sp³-hybridized carbons (Fsp3) is 0.857. The van der Waals surface area contributed by atoms with Gasteiger partial charge in [0.15, 0.2) is 0 Å². The summed E-state index contributed by atoms with van der Waals surface area (Å²) in [7, 11) is -4.30. The Kier molecular flexibility index (Phi) is 29.0. The first-order valence-corrected chi connectivity index (χ1v) is 19.1. The van der Waals surface area contributed by atoms with Crippen LogP contribution in [0.25, 0.3) is 0 Å². The van der Waals surface area contributed by atoms with Gasteiger partial charge in [0.05, 0.1) is 17.9 Å². The Morgan fingerprint density at radius 1 is 0.643 bits per heavy atom. The van der Waals surface area contributed by atoms with Gasteiger partial charge in [-0.1, -0.05) is 147 Å². The number of unbranched alkanes of at least 4 members (excludes halogenated alkanes) is 19. The SMILES string of the molecule is CCCCC/C=C\C/C=C\CCCCCCCC(=O)NC(CS(=O)(=O)O)C(O)CCCCCCCCCCCCCC. The van der Waals surface area contributed by atoms with Gasteiger partial charge < -0.3 is 10.4 Å². The molecule has 248 valence electrons. The average molecular weight is 614 g/mol. The van der Waals surface area contributed by atoms with E-state index in [1.165, 1.54) is 83.5 Å². The molecule has 0 saturated heterocycles. The van der Waals surface area contributed by atoms with Crippen molar-refractivity contribution in [2.24, 2.45) is 0 Å². The minimum absolute atomic E-state index is 0.261. The number of carbonyl (C=O) groups is 1. The molecule has 0 radical (unpaired) electrons. The number of allylic oxidation sites excluding steroid dienone is 4. The summed E-state index contributed by atoms with van der Waals surface area (Å²) in [5, 5.41) is 13.3. The van der Waals surface area contributed by atoms with Crippen LogP contribution in [0.5, 0.6) is 0 Å². The number of amides is 1. The van der Waals surface area contributed by atoms with Crippen LogP contribution < -0.4 is 5.32 Å². The maximum Gasteiger partial charge on any atom is 0.266 e. The first-order valence-electron chi connectivity index (χ1n) is 17.5. The normalized spacial score (nSPS) is 13.7. The Labute approximate surface area is 260 Å². The topological polar surface area (TPSA) is 104 Å². The highest BCUT2D eigenvalue weighted by Gasteiger charge is 2.26. The fourth-order valence-electron chi connectivity index (χ4n) is 5.25. The molecule has 0 aromatic heterocycles. The lowest BCUT2D eigenvalue weighted by Gasteiger charge is -2.23. The van der Waals surface area contributed by atoms with E-state index in [0.29, 0.717) is 12.8 Å². The van der Waals surface area contributed by atoms with Gasteiger partial charge in [-0.3, -0.25) is 9.35 Å². The second-order valence-electron chi connectivity index (χ2n) is 12.1. The molecule has 0 aliphatic heterocycles. The quantitative estimate of drug-likeness (QED) is 0.0410. The van der Waals surface area contributed by atoms with Crippen molar-refractivity contribution in [1.29, 1.82) is 0 Å². The summed E-state index contributed by atoms with van der Waals surface area (Å²) < 4.78 is 32.3. The van der Waals surface area contributed by atoms with E-state index in [4.69, 9.17) is 0 Å². The lowest BCUT2D eigenvalue weighted by Crippen LogP contribution is -2.47. The third-order valence-electron chi connectivity index (χ3n) is 7.91. The van der Waals surface area contributed by atoms with Crippen LogP contribution in [-0.2, 0) is 14.9 Å². The third kappa shape index (κ3) is 30.3. The standard InChI is InChI=1S/C35H67NO5S/c1-3-5-7-9-11-13-15-17-18-19-21-23-25-27-29-31-35(38)36-33(32-42(39,40)41)34(37)30-28-26-24-22-20-16-14-12-10-8-6-4-2/h11,13,17-18,33-34,37H,3-10,12,14-16,19-32H2,1-2H3,(H,36,38)(H,39,40,41)/b13-11-,18-17-. The third-order valence-corrected chi connectivity index (χ3v) is 8.69. The molecule has 0 spiro atoms. The predicted octanol–water partition coefficient (Wildman–Crippen LogP) is 9.62. The van der Waals surface area contributed by atoms with E-state index in [-0.39, 0.29) is 5.91 Å². The monoisotopic (exact) mass is 613 g/mol. The Morgan fingerprint density at radius 3 is 1.60 bits per heavy atom. The van der Waals surface area contributed by atoms with E-state index in [1.54, 1.807) is 0 Å². The van der Waals surface area contributed by atoms with Gasteiger partial charge in [-0.25, -0.2) is 0 Å². The van der Waals surface area contributed by atoms with Crippen molar-refractivity contribution in [1.82, 2.24) is 5.32 Å². The summed E-state index contributed by atoms with van der Waals surface area (Å²) >= 11 is 0. The molecule has 0 aliphatic carbocycles. The highest BCUT2D eigenvalue weighted by molar-refractivity contribution is 7.85. The van der Waals surface area contributed by atoms with E-state index in [1.807, 2.05) is 0 Å². The van der Waals surface area contributed by atoms with Crippen LogP contribution in [0.15, 0.2) is 24.3 Å². The van der Waals surface area contributed by atoms with Gasteiger partial charge in [0, 0.05) is 6.42 Å². The number of hydrogen-bond donors (Lipinski definition) is 3. The Morgan fingerprint density at radius 2 is 1.07 bits per heavy atom. The molecular formula is C35H67NO5S. The van der Waals surface area contributed by atoms with Gasteiger partial charge in [-0.15, -0.1) is 0 Å². The van der Waals surface area contributed by atoms with Crippen LogP contribution in [0, 0.1) is 0 Å². The van der Waals surface area contributed by atoms with Gasteiger partial charge in [0.1, 0.15) is 0 Å². The molecule has 42 heavy (non-hydrogen) atoms. The molecule has 0 aromatic rings. The van der Waals surface area contributed by atoms with Gasteiger partial charge in [0.2, 0.25) is 5.91 Å². The Bertz CT molecular complexity index is 765. The molecule has 0 aromatic carbocycles. The summed E-state index contributed by atoms with van der Waals surface area (Å²) in [6.45, 7) is 4.46. The largest absolute Gasteiger partial charge is 0.391 e. The molecule has 0 heterocycles. The molecule has 2 atom stereocenters.